The number of fused-ring (bicyclic) bond motifs is 1. The first-order valence-corrected chi connectivity index (χ1v) is 6.05. The molecule has 1 N–H and O–H groups in total. The fourth-order valence-electron chi connectivity index (χ4n) is 1.64. The third-order valence-corrected chi connectivity index (χ3v) is 3.60. The van der Waals surface area contributed by atoms with E-state index in [2.05, 4.69) is 20.9 Å². The first kappa shape index (κ1) is 12.1. The number of carboxylic acids is 1. The highest BCUT2D eigenvalue weighted by molar-refractivity contribution is 9.10. The van der Waals surface area contributed by atoms with Crippen molar-refractivity contribution in [3.05, 3.63) is 27.6 Å². The van der Waals surface area contributed by atoms with E-state index in [0.29, 0.717) is 12.3 Å². The van der Waals surface area contributed by atoms with Crippen molar-refractivity contribution in [2.45, 2.75) is 26.7 Å². The zero-order valence-corrected chi connectivity index (χ0v) is 11.2. The van der Waals surface area contributed by atoms with Crippen LogP contribution in [0.1, 0.15) is 23.4 Å². The number of nitrogens with zero attached hydrogens (tertiary/aromatic N) is 1. The van der Waals surface area contributed by atoms with E-state index in [1.807, 2.05) is 19.9 Å². The summed E-state index contributed by atoms with van der Waals surface area (Å²) < 4.78 is 6.58. The molecule has 4 nitrogen and oxygen atoms in total. The van der Waals surface area contributed by atoms with E-state index in [-0.39, 0.29) is 6.42 Å². The van der Waals surface area contributed by atoms with Crippen molar-refractivity contribution in [2.75, 3.05) is 0 Å². The molecule has 1 aromatic heterocycles. The van der Waals surface area contributed by atoms with E-state index in [9.17, 15) is 4.79 Å². The van der Waals surface area contributed by atoms with Gasteiger partial charge in [0, 0.05) is 10.9 Å². The van der Waals surface area contributed by atoms with Crippen molar-refractivity contribution in [3.8, 4) is 0 Å². The molecular formula is C12H12BrNO3. The molecule has 17 heavy (non-hydrogen) atoms. The minimum atomic E-state index is -0.846. The Morgan fingerprint density at radius 2 is 2.18 bits per heavy atom. The molecule has 5 heteroatoms. The number of hydrogen-bond donors (Lipinski definition) is 1. The molecule has 2 aromatic rings. The summed E-state index contributed by atoms with van der Waals surface area (Å²) in [4.78, 5) is 14.8. The van der Waals surface area contributed by atoms with E-state index in [1.165, 1.54) is 0 Å². The summed E-state index contributed by atoms with van der Waals surface area (Å²) in [5.41, 5.74) is 3.65. The molecule has 0 bridgehead atoms. The van der Waals surface area contributed by atoms with Gasteiger partial charge in [0.25, 0.3) is 0 Å². The third kappa shape index (κ3) is 2.34. The van der Waals surface area contributed by atoms with E-state index in [4.69, 9.17) is 9.52 Å². The second-order valence-electron chi connectivity index (χ2n) is 3.96. The van der Waals surface area contributed by atoms with Gasteiger partial charge in [-0.2, -0.15) is 0 Å². The summed E-state index contributed by atoms with van der Waals surface area (Å²) in [6.07, 6.45) is 0.353. The summed E-state index contributed by atoms with van der Waals surface area (Å²) >= 11 is 3.46. The topological polar surface area (TPSA) is 63.3 Å². The number of benzene rings is 1. The predicted octanol–water partition coefficient (Wildman–Crippen LogP) is 3.22. The maximum absolute atomic E-state index is 10.5. The quantitative estimate of drug-likeness (QED) is 0.945. The fraction of sp³-hybridized carbons (Fsp3) is 0.333. The first-order valence-electron chi connectivity index (χ1n) is 5.26. The van der Waals surface area contributed by atoms with Crippen LogP contribution in [0.5, 0.6) is 0 Å². The average molecular weight is 298 g/mol. The van der Waals surface area contributed by atoms with Crippen molar-refractivity contribution in [3.63, 3.8) is 0 Å². The van der Waals surface area contributed by atoms with Gasteiger partial charge in [-0.05, 0) is 31.0 Å². The Hall–Kier alpha value is -1.36. The Labute approximate surface area is 107 Å². The number of halogens is 1. The van der Waals surface area contributed by atoms with Gasteiger partial charge in [-0.3, -0.25) is 4.79 Å². The lowest BCUT2D eigenvalue weighted by Crippen LogP contribution is -1.97. The van der Waals surface area contributed by atoms with Gasteiger partial charge in [0.15, 0.2) is 11.5 Å². The molecule has 1 aromatic carbocycles. The van der Waals surface area contributed by atoms with Gasteiger partial charge < -0.3 is 9.52 Å². The van der Waals surface area contributed by atoms with Gasteiger partial charge in [0.1, 0.15) is 5.52 Å². The Kier molecular flexibility index (Phi) is 3.19. The monoisotopic (exact) mass is 297 g/mol. The van der Waals surface area contributed by atoms with Crippen LogP contribution in [-0.4, -0.2) is 16.1 Å². The molecular weight excluding hydrogens is 286 g/mol. The van der Waals surface area contributed by atoms with Crippen LogP contribution in [0.15, 0.2) is 15.0 Å². The number of carboxylic acid groups (broad SMARTS) is 1. The van der Waals surface area contributed by atoms with Gasteiger partial charge in [-0.1, -0.05) is 15.9 Å². The van der Waals surface area contributed by atoms with Gasteiger partial charge in [-0.25, -0.2) is 4.98 Å². The molecule has 0 radical (unpaired) electrons. The van der Waals surface area contributed by atoms with Crippen molar-refractivity contribution in [1.82, 2.24) is 4.98 Å². The van der Waals surface area contributed by atoms with Crippen LogP contribution in [0.3, 0.4) is 0 Å². The van der Waals surface area contributed by atoms with Crippen LogP contribution in [0, 0.1) is 13.8 Å². The minimum absolute atomic E-state index is 0.0338. The van der Waals surface area contributed by atoms with Crippen molar-refractivity contribution < 1.29 is 14.3 Å². The zero-order chi connectivity index (χ0) is 12.6. The highest BCUT2D eigenvalue weighted by Crippen LogP contribution is 2.29. The van der Waals surface area contributed by atoms with E-state index in [0.717, 1.165) is 26.7 Å². The lowest BCUT2D eigenvalue weighted by molar-refractivity contribution is -0.137. The van der Waals surface area contributed by atoms with Gasteiger partial charge >= 0.3 is 5.97 Å². The standard InChI is InChI=1S/C12H12BrNO3/c1-6-7(2)12-9(5-8(6)13)14-10(17-12)3-4-11(15)16/h5H,3-4H2,1-2H3,(H,15,16). The lowest BCUT2D eigenvalue weighted by Gasteiger charge is -2.01. The molecule has 2 rings (SSSR count). The van der Waals surface area contributed by atoms with Crippen molar-refractivity contribution >= 4 is 33.0 Å². The molecule has 1 heterocycles. The molecule has 0 amide bonds. The number of aryl methyl sites for hydroxylation is 2. The largest absolute Gasteiger partial charge is 0.481 e. The molecule has 90 valence electrons. The molecule has 0 aliphatic carbocycles. The number of hydrogen-bond acceptors (Lipinski definition) is 3. The number of aliphatic carboxylic acids is 1. The van der Waals surface area contributed by atoms with E-state index >= 15 is 0 Å². The molecule has 0 aliphatic rings. The molecule has 0 saturated carbocycles. The fourth-order valence-corrected chi connectivity index (χ4v) is 2.16. The summed E-state index contributed by atoms with van der Waals surface area (Å²) in [6, 6.07) is 1.89. The smallest absolute Gasteiger partial charge is 0.303 e. The SMILES string of the molecule is Cc1c(Br)cc2nc(CCC(=O)O)oc2c1C. The number of oxazole rings is 1. The number of aromatic nitrogens is 1. The van der Waals surface area contributed by atoms with E-state index in [1.54, 1.807) is 0 Å². The van der Waals surface area contributed by atoms with Gasteiger partial charge in [0.2, 0.25) is 0 Å². The molecule has 0 saturated heterocycles. The van der Waals surface area contributed by atoms with Crippen molar-refractivity contribution in [2.24, 2.45) is 0 Å². The normalized spacial score (nSPS) is 11.0. The summed E-state index contributed by atoms with van der Waals surface area (Å²) in [6.45, 7) is 3.97. The Morgan fingerprint density at radius 3 is 2.82 bits per heavy atom. The third-order valence-electron chi connectivity index (χ3n) is 2.78. The number of rotatable bonds is 3. The zero-order valence-electron chi connectivity index (χ0n) is 9.58. The predicted molar refractivity (Wildman–Crippen MR) is 67.1 cm³/mol. The van der Waals surface area contributed by atoms with Crippen molar-refractivity contribution in [1.29, 1.82) is 0 Å². The highest BCUT2D eigenvalue weighted by Gasteiger charge is 2.12. The second-order valence-corrected chi connectivity index (χ2v) is 4.81. The second kappa shape index (κ2) is 4.49. The summed E-state index contributed by atoms with van der Waals surface area (Å²) in [7, 11) is 0. The van der Waals surface area contributed by atoms with Crippen LogP contribution >= 0.6 is 15.9 Å². The maximum atomic E-state index is 10.5. The Bertz CT molecular complexity index is 589. The minimum Gasteiger partial charge on any atom is -0.481 e. The van der Waals surface area contributed by atoms with Crippen LogP contribution in [0.25, 0.3) is 11.1 Å². The molecule has 0 atom stereocenters. The lowest BCUT2D eigenvalue weighted by atomic mass is 10.1. The molecule has 0 aliphatic heterocycles. The average Bonchev–Trinajstić information content (AvgIpc) is 2.66. The Morgan fingerprint density at radius 1 is 1.47 bits per heavy atom. The number of carbonyl (C=O) groups is 1. The Balaban J connectivity index is 2.43. The van der Waals surface area contributed by atoms with Gasteiger partial charge in [0.05, 0.1) is 6.42 Å². The van der Waals surface area contributed by atoms with Crippen LogP contribution in [-0.2, 0) is 11.2 Å². The molecule has 0 spiro atoms. The van der Waals surface area contributed by atoms with Crippen LogP contribution < -0.4 is 0 Å². The molecule has 0 unspecified atom stereocenters. The van der Waals surface area contributed by atoms with Gasteiger partial charge in [-0.15, -0.1) is 0 Å². The van der Waals surface area contributed by atoms with Crippen LogP contribution in [0.2, 0.25) is 0 Å². The first-order chi connectivity index (χ1) is 7.99. The summed E-state index contributed by atoms with van der Waals surface area (Å²) in [5.74, 6) is -0.371. The van der Waals surface area contributed by atoms with Crippen LogP contribution in [0.4, 0.5) is 0 Å². The van der Waals surface area contributed by atoms with E-state index < -0.39 is 5.97 Å². The molecule has 0 fully saturated rings. The highest BCUT2D eigenvalue weighted by atomic mass is 79.9. The maximum Gasteiger partial charge on any atom is 0.303 e. The summed E-state index contributed by atoms with van der Waals surface area (Å²) in [5, 5.41) is 8.62.